The Morgan fingerprint density at radius 3 is 2.05 bits per heavy atom. The van der Waals surface area contributed by atoms with Crippen molar-refractivity contribution in [3.05, 3.63) is 64.8 Å². The molecule has 3 aromatic rings. The van der Waals surface area contributed by atoms with E-state index < -0.39 is 67.0 Å². The summed E-state index contributed by atoms with van der Waals surface area (Å²) < 4.78 is 52.1. The topological polar surface area (TPSA) is 154 Å². The zero-order valence-electron chi connectivity index (χ0n) is 23.0. The minimum absolute atomic E-state index is 0.0982. The van der Waals surface area contributed by atoms with Gasteiger partial charge in [-0.1, -0.05) is 12.1 Å². The van der Waals surface area contributed by atoms with Gasteiger partial charge >= 0.3 is 23.9 Å². The number of rotatable bonds is 8. The maximum atomic E-state index is 13.3. The number of hydrogen-bond acceptors (Lipinski definition) is 12. The van der Waals surface area contributed by atoms with Crippen molar-refractivity contribution in [1.82, 2.24) is 0 Å². The standard InChI is InChI=1S/C29H27FO12/c1-14(31)36-13-24-26(38-15(2)32)27(39-16(3)33)28(40-17(4)34)29(42-24)41-20-9-10-21-23(11-20)37-12-22(25(21)35)18-5-7-19(30)8-6-18/h5-12,24,26-29H,13H2,1-4H3/t24-,26-,27+,28-,29-/m1/s1. The average Bonchev–Trinajstić information content (AvgIpc) is 2.91. The molecule has 12 nitrogen and oxygen atoms in total. The van der Waals surface area contributed by atoms with E-state index in [0.717, 1.165) is 27.7 Å². The summed E-state index contributed by atoms with van der Waals surface area (Å²) in [7, 11) is 0. The van der Waals surface area contributed by atoms with Crippen LogP contribution < -0.4 is 10.2 Å². The quantitative estimate of drug-likeness (QED) is 0.281. The first-order valence-corrected chi connectivity index (χ1v) is 12.7. The molecular formula is C29H27FO12. The van der Waals surface area contributed by atoms with Crippen LogP contribution in [0, 0.1) is 5.82 Å². The van der Waals surface area contributed by atoms with Crippen LogP contribution in [0.25, 0.3) is 22.1 Å². The van der Waals surface area contributed by atoms with Gasteiger partial charge in [0, 0.05) is 33.8 Å². The lowest BCUT2D eigenvalue weighted by atomic mass is 9.98. The Morgan fingerprint density at radius 2 is 1.43 bits per heavy atom. The second-order valence-electron chi connectivity index (χ2n) is 9.33. The summed E-state index contributed by atoms with van der Waals surface area (Å²) in [5.74, 6) is -3.35. The molecule has 222 valence electrons. The molecule has 0 amide bonds. The van der Waals surface area contributed by atoms with Crippen LogP contribution in [0.2, 0.25) is 0 Å². The zero-order valence-corrected chi connectivity index (χ0v) is 23.0. The van der Waals surface area contributed by atoms with E-state index in [1.165, 1.54) is 48.7 Å². The SMILES string of the molecule is CC(=O)OC[C@H]1O[C@@H](Oc2ccc3c(=O)c(-c4ccc(F)cc4)coc3c2)[C@H](OC(C)=O)[C@@H](OC(C)=O)[C@@H]1OC(C)=O. The van der Waals surface area contributed by atoms with Gasteiger partial charge in [-0.25, -0.2) is 4.39 Å². The van der Waals surface area contributed by atoms with Crippen LogP contribution in [0.3, 0.4) is 0 Å². The van der Waals surface area contributed by atoms with Crippen LogP contribution in [0.4, 0.5) is 4.39 Å². The smallest absolute Gasteiger partial charge is 0.303 e. The molecule has 0 aliphatic carbocycles. The fraction of sp³-hybridized carbons (Fsp3) is 0.345. The number of ether oxygens (including phenoxy) is 6. The van der Waals surface area contributed by atoms with E-state index in [-0.39, 0.29) is 27.7 Å². The summed E-state index contributed by atoms with van der Waals surface area (Å²) in [6.45, 7) is 4.07. The van der Waals surface area contributed by atoms with Gasteiger partial charge < -0.3 is 32.8 Å². The monoisotopic (exact) mass is 586 g/mol. The van der Waals surface area contributed by atoms with E-state index in [4.69, 9.17) is 32.8 Å². The lowest BCUT2D eigenvalue weighted by Crippen LogP contribution is -2.63. The van der Waals surface area contributed by atoms with E-state index in [0.29, 0.717) is 5.56 Å². The summed E-state index contributed by atoms with van der Waals surface area (Å²) in [5.41, 5.74) is 0.441. The van der Waals surface area contributed by atoms with Crippen LogP contribution in [-0.4, -0.2) is 61.2 Å². The van der Waals surface area contributed by atoms with Gasteiger partial charge in [0.25, 0.3) is 0 Å². The number of fused-ring (bicyclic) bond motifs is 1. The number of halogens is 1. The number of esters is 4. The molecule has 0 bridgehead atoms. The van der Waals surface area contributed by atoms with Crippen molar-refractivity contribution in [1.29, 1.82) is 0 Å². The maximum Gasteiger partial charge on any atom is 0.303 e. The Hall–Kier alpha value is -4.78. The number of benzene rings is 2. The van der Waals surface area contributed by atoms with Crippen molar-refractivity contribution in [2.45, 2.75) is 58.4 Å². The van der Waals surface area contributed by atoms with E-state index in [1.54, 1.807) is 0 Å². The van der Waals surface area contributed by atoms with Crippen LogP contribution in [0.5, 0.6) is 5.75 Å². The Morgan fingerprint density at radius 1 is 0.810 bits per heavy atom. The summed E-state index contributed by atoms with van der Waals surface area (Å²) in [5, 5.41) is 0.200. The summed E-state index contributed by atoms with van der Waals surface area (Å²) in [6, 6.07) is 9.62. The van der Waals surface area contributed by atoms with Gasteiger partial charge in [-0.2, -0.15) is 0 Å². The van der Waals surface area contributed by atoms with Crippen molar-refractivity contribution in [3.8, 4) is 16.9 Å². The molecule has 1 saturated heterocycles. The predicted molar refractivity (Wildman–Crippen MR) is 140 cm³/mol. The second kappa shape index (κ2) is 12.8. The van der Waals surface area contributed by atoms with Gasteiger partial charge in [-0.05, 0) is 29.8 Å². The average molecular weight is 587 g/mol. The van der Waals surface area contributed by atoms with Gasteiger partial charge in [0.15, 0.2) is 17.6 Å². The van der Waals surface area contributed by atoms with Crippen LogP contribution in [0.1, 0.15) is 27.7 Å². The number of carbonyl (C=O) groups is 4. The third-order valence-electron chi connectivity index (χ3n) is 6.10. The van der Waals surface area contributed by atoms with Crippen molar-refractivity contribution >= 4 is 34.8 Å². The van der Waals surface area contributed by atoms with Crippen LogP contribution in [0.15, 0.2) is 57.9 Å². The lowest BCUT2D eigenvalue weighted by molar-refractivity contribution is -0.288. The highest BCUT2D eigenvalue weighted by molar-refractivity contribution is 5.82. The molecule has 2 heterocycles. The molecule has 0 saturated carbocycles. The zero-order chi connectivity index (χ0) is 30.6. The fourth-order valence-electron chi connectivity index (χ4n) is 4.43. The van der Waals surface area contributed by atoms with Crippen molar-refractivity contribution < 1.29 is 56.4 Å². The van der Waals surface area contributed by atoms with Gasteiger partial charge in [0.2, 0.25) is 12.4 Å². The van der Waals surface area contributed by atoms with Gasteiger partial charge in [-0.3, -0.25) is 24.0 Å². The highest BCUT2D eigenvalue weighted by atomic mass is 19.1. The van der Waals surface area contributed by atoms with Crippen molar-refractivity contribution in [2.24, 2.45) is 0 Å². The number of carbonyl (C=O) groups excluding carboxylic acids is 4. The first kappa shape index (κ1) is 30.2. The third kappa shape index (κ3) is 7.10. The van der Waals surface area contributed by atoms with Crippen LogP contribution in [-0.2, 0) is 42.9 Å². The molecule has 2 aromatic carbocycles. The minimum atomic E-state index is -1.46. The molecule has 42 heavy (non-hydrogen) atoms. The highest BCUT2D eigenvalue weighted by Gasteiger charge is 2.53. The highest BCUT2D eigenvalue weighted by Crippen LogP contribution is 2.32. The number of hydrogen-bond donors (Lipinski definition) is 0. The van der Waals surface area contributed by atoms with Crippen molar-refractivity contribution in [3.63, 3.8) is 0 Å². The molecule has 1 aliphatic heterocycles. The molecule has 1 aliphatic rings. The molecule has 1 fully saturated rings. The van der Waals surface area contributed by atoms with E-state index in [9.17, 15) is 28.4 Å². The van der Waals surface area contributed by atoms with Gasteiger partial charge in [0.05, 0.1) is 10.9 Å². The van der Waals surface area contributed by atoms with Gasteiger partial charge in [-0.15, -0.1) is 0 Å². The molecule has 0 radical (unpaired) electrons. The Balaban J connectivity index is 1.70. The van der Waals surface area contributed by atoms with E-state index >= 15 is 0 Å². The first-order chi connectivity index (χ1) is 19.9. The van der Waals surface area contributed by atoms with Crippen LogP contribution >= 0.6 is 0 Å². The molecular weight excluding hydrogens is 559 g/mol. The molecule has 5 atom stereocenters. The Labute approximate surface area is 238 Å². The molecule has 4 rings (SSSR count). The summed E-state index contributed by atoms with van der Waals surface area (Å²) in [6.07, 6.45) is -5.62. The Kier molecular flexibility index (Phi) is 9.21. The first-order valence-electron chi connectivity index (χ1n) is 12.7. The van der Waals surface area contributed by atoms with E-state index in [1.807, 2.05) is 0 Å². The lowest BCUT2D eigenvalue weighted by Gasteiger charge is -2.43. The normalized spacial score (nSPS) is 21.7. The van der Waals surface area contributed by atoms with Gasteiger partial charge in [0.1, 0.15) is 36.1 Å². The molecule has 1 aromatic heterocycles. The molecule has 0 N–H and O–H groups in total. The maximum absolute atomic E-state index is 13.3. The molecule has 0 unspecified atom stereocenters. The molecule has 0 spiro atoms. The molecule has 13 heteroatoms. The third-order valence-corrected chi connectivity index (χ3v) is 6.10. The summed E-state index contributed by atoms with van der Waals surface area (Å²) in [4.78, 5) is 60.6. The van der Waals surface area contributed by atoms with E-state index in [2.05, 4.69) is 0 Å². The predicted octanol–water partition coefficient (Wildman–Crippen LogP) is 3.06. The minimum Gasteiger partial charge on any atom is -0.463 e. The van der Waals surface area contributed by atoms with Crippen molar-refractivity contribution in [2.75, 3.05) is 6.61 Å². The fourth-order valence-corrected chi connectivity index (χ4v) is 4.43. The second-order valence-corrected chi connectivity index (χ2v) is 9.33. The summed E-state index contributed by atoms with van der Waals surface area (Å²) >= 11 is 0. The largest absolute Gasteiger partial charge is 0.463 e. The Bertz CT molecular complexity index is 1550.